The fraction of sp³-hybridized carbons (Fsp3) is 0.938. The van der Waals surface area contributed by atoms with E-state index in [1.54, 1.807) is 11.8 Å². The molecule has 0 aromatic carbocycles. The second-order valence-electron chi connectivity index (χ2n) is 6.24. The zero-order chi connectivity index (χ0) is 16.6. The summed E-state index contributed by atoms with van der Waals surface area (Å²) in [6.45, 7) is 4.53. The molecule has 4 nitrogen and oxygen atoms in total. The Kier molecular flexibility index (Phi) is 8.07. The van der Waals surface area contributed by atoms with Crippen molar-refractivity contribution in [3.8, 4) is 0 Å². The van der Waals surface area contributed by atoms with Crippen molar-refractivity contribution in [2.24, 2.45) is 0 Å². The van der Waals surface area contributed by atoms with Crippen LogP contribution in [0, 0.1) is 0 Å². The highest BCUT2D eigenvalue weighted by Crippen LogP contribution is 2.35. The molecule has 0 heterocycles. The molecule has 1 rings (SSSR count). The van der Waals surface area contributed by atoms with Gasteiger partial charge in [-0.1, -0.05) is 13.3 Å². The van der Waals surface area contributed by atoms with E-state index in [0.29, 0.717) is 38.8 Å². The lowest BCUT2D eigenvalue weighted by Gasteiger charge is -2.36. The first-order valence-corrected chi connectivity index (χ1v) is 8.35. The number of hydrogen-bond donors (Lipinski definition) is 1. The van der Waals surface area contributed by atoms with Crippen LogP contribution in [0.25, 0.3) is 0 Å². The number of aliphatic hydroxyl groups excluding tert-OH is 1. The van der Waals surface area contributed by atoms with E-state index in [4.69, 9.17) is 4.74 Å². The van der Waals surface area contributed by atoms with Crippen molar-refractivity contribution in [2.75, 3.05) is 13.2 Å². The molecular formula is C16H29F2NO3. The molecule has 1 amide bonds. The smallest absolute Gasteiger partial charge is 0.410 e. The quantitative estimate of drug-likeness (QED) is 0.688. The van der Waals surface area contributed by atoms with Gasteiger partial charge >= 0.3 is 6.09 Å². The number of unbranched alkanes of at least 4 members (excludes halogenated alkanes) is 1. The zero-order valence-electron chi connectivity index (χ0n) is 13.7. The van der Waals surface area contributed by atoms with Crippen molar-refractivity contribution >= 4 is 6.09 Å². The van der Waals surface area contributed by atoms with Crippen LogP contribution in [0.2, 0.25) is 0 Å². The van der Waals surface area contributed by atoms with E-state index in [1.807, 2.05) is 6.92 Å². The number of carbonyl (C=O) groups is 1. The topological polar surface area (TPSA) is 49.8 Å². The zero-order valence-corrected chi connectivity index (χ0v) is 13.7. The van der Waals surface area contributed by atoms with Crippen LogP contribution in [0.3, 0.4) is 0 Å². The molecule has 0 radical (unpaired) electrons. The Morgan fingerprint density at radius 1 is 1.36 bits per heavy atom. The SMILES string of the molecule is CCCCOC(=O)N(CCC[C@H](C)O)C1CCC(F)(F)CC1. The number of hydrogen-bond acceptors (Lipinski definition) is 3. The predicted octanol–water partition coefficient (Wildman–Crippen LogP) is 3.96. The maximum absolute atomic E-state index is 13.3. The number of ether oxygens (including phenoxy) is 1. The molecule has 6 heteroatoms. The van der Waals surface area contributed by atoms with Crippen LogP contribution in [-0.4, -0.2) is 47.3 Å². The third kappa shape index (κ3) is 6.90. The average Bonchev–Trinajstić information content (AvgIpc) is 2.44. The molecular weight excluding hydrogens is 292 g/mol. The molecule has 0 saturated heterocycles. The summed E-state index contributed by atoms with van der Waals surface area (Å²) in [5.41, 5.74) is 0. The summed E-state index contributed by atoms with van der Waals surface area (Å²) in [5, 5.41) is 9.32. The Labute approximate surface area is 131 Å². The maximum Gasteiger partial charge on any atom is 0.410 e. The van der Waals surface area contributed by atoms with Gasteiger partial charge in [-0.2, -0.15) is 0 Å². The third-order valence-corrected chi connectivity index (χ3v) is 4.11. The number of carbonyl (C=O) groups excluding carboxylic acids is 1. The monoisotopic (exact) mass is 321 g/mol. The van der Waals surface area contributed by atoms with Gasteiger partial charge in [0.15, 0.2) is 0 Å². The van der Waals surface area contributed by atoms with Crippen LogP contribution < -0.4 is 0 Å². The lowest BCUT2D eigenvalue weighted by Crippen LogP contribution is -2.45. The van der Waals surface area contributed by atoms with Gasteiger partial charge < -0.3 is 14.7 Å². The van der Waals surface area contributed by atoms with Crippen LogP contribution in [0.1, 0.15) is 65.2 Å². The number of rotatable bonds is 8. The first-order valence-electron chi connectivity index (χ1n) is 8.35. The minimum Gasteiger partial charge on any atom is -0.449 e. The summed E-state index contributed by atoms with van der Waals surface area (Å²) in [5.74, 6) is -2.60. The predicted molar refractivity (Wildman–Crippen MR) is 81.1 cm³/mol. The fourth-order valence-electron chi connectivity index (χ4n) is 2.70. The maximum atomic E-state index is 13.3. The van der Waals surface area contributed by atoms with E-state index in [0.717, 1.165) is 12.8 Å². The standard InChI is InChI=1S/C16H29F2NO3/c1-3-4-12-22-15(21)19(11-5-6-13(2)20)14-7-9-16(17,18)10-8-14/h13-14,20H,3-12H2,1-2H3/t13-/m0/s1. The van der Waals surface area contributed by atoms with Gasteiger partial charge in [-0.05, 0) is 39.0 Å². The van der Waals surface area contributed by atoms with E-state index in [-0.39, 0.29) is 18.9 Å². The van der Waals surface area contributed by atoms with Crippen molar-refractivity contribution in [1.82, 2.24) is 4.90 Å². The van der Waals surface area contributed by atoms with Gasteiger partial charge in [0.1, 0.15) is 0 Å². The summed E-state index contributed by atoms with van der Waals surface area (Å²) in [4.78, 5) is 13.8. The molecule has 0 aliphatic heterocycles. The molecule has 0 aromatic heterocycles. The van der Waals surface area contributed by atoms with E-state index in [2.05, 4.69) is 0 Å². The molecule has 1 aliphatic rings. The average molecular weight is 321 g/mol. The lowest BCUT2D eigenvalue weighted by molar-refractivity contribution is -0.0530. The summed E-state index contributed by atoms with van der Waals surface area (Å²) in [7, 11) is 0. The Bertz CT molecular complexity index is 327. The van der Waals surface area contributed by atoms with Crippen LogP contribution in [0.5, 0.6) is 0 Å². The minimum absolute atomic E-state index is 0.174. The Balaban J connectivity index is 2.55. The van der Waals surface area contributed by atoms with Crippen molar-refractivity contribution in [3.63, 3.8) is 0 Å². The summed E-state index contributed by atoms with van der Waals surface area (Å²) in [6, 6.07) is -0.178. The highest BCUT2D eigenvalue weighted by Gasteiger charge is 2.38. The highest BCUT2D eigenvalue weighted by molar-refractivity contribution is 5.68. The van der Waals surface area contributed by atoms with Gasteiger partial charge in [-0.25, -0.2) is 13.6 Å². The molecule has 1 N–H and O–H groups in total. The van der Waals surface area contributed by atoms with Crippen LogP contribution >= 0.6 is 0 Å². The Morgan fingerprint density at radius 3 is 2.55 bits per heavy atom. The van der Waals surface area contributed by atoms with Crippen LogP contribution in [-0.2, 0) is 4.74 Å². The molecule has 0 bridgehead atoms. The molecule has 1 atom stereocenters. The van der Waals surface area contributed by atoms with E-state index in [9.17, 15) is 18.7 Å². The third-order valence-electron chi connectivity index (χ3n) is 4.11. The van der Waals surface area contributed by atoms with Gasteiger partial charge in [0.05, 0.1) is 12.7 Å². The normalized spacial score (nSPS) is 19.7. The van der Waals surface area contributed by atoms with E-state index in [1.165, 1.54) is 0 Å². The van der Waals surface area contributed by atoms with Crippen molar-refractivity contribution in [1.29, 1.82) is 0 Å². The van der Waals surface area contributed by atoms with Gasteiger partial charge in [-0.15, -0.1) is 0 Å². The molecule has 0 spiro atoms. The number of aliphatic hydroxyl groups is 1. The molecule has 0 unspecified atom stereocenters. The summed E-state index contributed by atoms with van der Waals surface area (Å²) < 4.78 is 31.8. The first-order chi connectivity index (χ1) is 10.4. The molecule has 1 saturated carbocycles. The molecule has 130 valence electrons. The van der Waals surface area contributed by atoms with Gasteiger partial charge in [0.2, 0.25) is 5.92 Å². The second-order valence-corrected chi connectivity index (χ2v) is 6.24. The van der Waals surface area contributed by atoms with Gasteiger partial charge in [0.25, 0.3) is 0 Å². The molecule has 0 aromatic rings. The van der Waals surface area contributed by atoms with Crippen LogP contribution in [0.15, 0.2) is 0 Å². The highest BCUT2D eigenvalue weighted by atomic mass is 19.3. The Hall–Kier alpha value is -0.910. The summed E-state index contributed by atoms with van der Waals surface area (Å²) in [6.07, 6.45) is 2.41. The Morgan fingerprint density at radius 2 is 2.00 bits per heavy atom. The lowest BCUT2D eigenvalue weighted by atomic mass is 9.91. The van der Waals surface area contributed by atoms with Gasteiger partial charge in [0, 0.05) is 25.4 Å². The van der Waals surface area contributed by atoms with Crippen molar-refractivity contribution in [3.05, 3.63) is 0 Å². The molecule has 22 heavy (non-hydrogen) atoms. The van der Waals surface area contributed by atoms with Crippen molar-refractivity contribution < 1.29 is 23.4 Å². The summed E-state index contributed by atoms with van der Waals surface area (Å²) >= 11 is 0. The number of halogens is 2. The van der Waals surface area contributed by atoms with Crippen molar-refractivity contribution in [2.45, 2.75) is 83.3 Å². The number of nitrogens with zero attached hydrogens (tertiary/aromatic N) is 1. The van der Waals surface area contributed by atoms with E-state index >= 15 is 0 Å². The van der Waals surface area contributed by atoms with E-state index < -0.39 is 18.1 Å². The fourth-order valence-corrected chi connectivity index (χ4v) is 2.70. The second kappa shape index (κ2) is 9.28. The molecule has 1 fully saturated rings. The number of alkyl halides is 2. The number of amides is 1. The van der Waals surface area contributed by atoms with Gasteiger partial charge in [-0.3, -0.25) is 0 Å². The van der Waals surface area contributed by atoms with Crippen LogP contribution in [0.4, 0.5) is 13.6 Å². The molecule has 1 aliphatic carbocycles. The largest absolute Gasteiger partial charge is 0.449 e. The first kappa shape index (κ1) is 19.1. The minimum atomic E-state index is -2.60.